The second-order valence-corrected chi connectivity index (χ2v) is 8.27. The van der Waals surface area contributed by atoms with Gasteiger partial charge in [-0.1, -0.05) is 47.5 Å². The third-order valence-corrected chi connectivity index (χ3v) is 5.58. The van der Waals surface area contributed by atoms with Gasteiger partial charge in [-0.05, 0) is 30.7 Å². The van der Waals surface area contributed by atoms with Crippen LogP contribution in [0.25, 0.3) is 21.8 Å². The van der Waals surface area contributed by atoms with Gasteiger partial charge >= 0.3 is 0 Å². The first-order chi connectivity index (χ1) is 15.0. The summed E-state index contributed by atoms with van der Waals surface area (Å²) in [6.45, 7) is 2.17. The van der Waals surface area contributed by atoms with Gasteiger partial charge in [-0.15, -0.1) is 0 Å². The van der Waals surface area contributed by atoms with Gasteiger partial charge in [0.1, 0.15) is 12.4 Å². The van der Waals surface area contributed by atoms with Crippen LogP contribution in [0.2, 0.25) is 0 Å². The molecule has 1 amide bonds. The molecule has 0 unspecified atom stereocenters. The van der Waals surface area contributed by atoms with Crippen molar-refractivity contribution in [1.82, 2.24) is 14.2 Å². The number of carbonyl (C=O) groups is 1. The summed E-state index contributed by atoms with van der Waals surface area (Å²) in [6.07, 6.45) is 6.00. The maximum absolute atomic E-state index is 13.2. The Balaban J connectivity index is 1.85. The fourth-order valence-electron chi connectivity index (χ4n) is 3.61. The Labute approximate surface area is 187 Å². The molecule has 0 radical (unpaired) electrons. The van der Waals surface area contributed by atoms with Crippen molar-refractivity contribution in [2.24, 2.45) is 10.8 Å². The highest BCUT2D eigenvalue weighted by Crippen LogP contribution is 2.20. The van der Waals surface area contributed by atoms with Crippen LogP contribution in [-0.2, 0) is 17.8 Å². The summed E-state index contributed by atoms with van der Waals surface area (Å²) in [5, 5.41) is 5.95. The molecule has 0 bridgehead atoms. The number of carbonyl (C=O) groups excluding carboxylic acids is 1. The summed E-state index contributed by atoms with van der Waals surface area (Å²) in [6, 6.07) is 13.2. The van der Waals surface area contributed by atoms with Crippen LogP contribution in [0.15, 0.2) is 63.0 Å². The molecule has 0 saturated heterocycles. The van der Waals surface area contributed by atoms with Crippen molar-refractivity contribution in [3.05, 3.63) is 74.9 Å². The van der Waals surface area contributed by atoms with Crippen molar-refractivity contribution in [2.45, 2.75) is 32.7 Å². The van der Waals surface area contributed by atoms with Gasteiger partial charge < -0.3 is 10.3 Å². The lowest BCUT2D eigenvalue weighted by molar-refractivity contribution is -0.118. The fraction of sp³-hybridized carbons (Fsp3) is 0.217. The number of hydrogen-bond donors (Lipinski definition) is 1. The second kappa shape index (κ2) is 8.85. The molecule has 158 valence electrons. The molecule has 0 aliphatic rings. The Morgan fingerprint density at radius 2 is 2.03 bits per heavy atom. The molecule has 8 heteroatoms. The van der Waals surface area contributed by atoms with Crippen molar-refractivity contribution < 1.29 is 4.79 Å². The van der Waals surface area contributed by atoms with E-state index in [4.69, 9.17) is 10.7 Å². The monoisotopic (exact) mass is 479 g/mol. The maximum atomic E-state index is 13.2. The van der Waals surface area contributed by atoms with Crippen LogP contribution >= 0.6 is 15.9 Å². The van der Waals surface area contributed by atoms with Crippen molar-refractivity contribution in [3.63, 3.8) is 0 Å². The number of unbranched alkanes of at least 4 members (excludes halogenated alkanes) is 1. The SMILES string of the molecule is CCCCc1nc2ccc(Br)cc2c(=O)n1N=Cc1cn(CC(N)=O)c2ccccc12. The summed E-state index contributed by atoms with van der Waals surface area (Å²) in [7, 11) is 0. The van der Waals surface area contributed by atoms with Gasteiger partial charge in [-0.2, -0.15) is 9.78 Å². The first-order valence-electron chi connectivity index (χ1n) is 10.1. The van der Waals surface area contributed by atoms with Crippen LogP contribution in [-0.4, -0.2) is 26.3 Å². The second-order valence-electron chi connectivity index (χ2n) is 7.35. The molecule has 0 aliphatic carbocycles. The Morgan fingerprint density at radius 3 is 2.81 bits per heavy atom. The van der Waals surface area contributed by atoms with Crippen LogP contribution in [0.3, 0.4) is 0 Å². The summed E-state index contributed by atoms with van der Waals surface area (Å²) >= 11 is 3.42. The van der Waals surface area contributed by atoms with E-state index in [9.17, 15) is 9.59 Å². The van der Waals surface area contributed by atoms with E-state index >= 15 is 0 Å². The molecule has 2 aromatic heterocycles. The molecule has 0 spiro atoms. The third-order valence-electron chi connectivity index (χ3n) is 5.09. The summed E-state index contributed by atoms with van der Waals surface area (Å²) in [4.78, 5) is 29.4. The van der Waals surface area contributed by atoms with Crippen molar-refractivity contribution >= 4 is 49.9 Å². The quantitative estimate of drug-likeness (QED) is 0.408. The van der Waals surface area contributed by atoms with E-state index in [-0.39, 0.29) is 12.1 Å². The predicted molar refractivity (Wildman–Crippen MR) is 126 cm³/mol. The number of aryl methyl sites for hydroxylation is 1. The number of hydrogen-bond acceptors (Lipinski definition) is 4. The van der Waals surface area contributed by atoms with Crippen LogP contribution in [0.1, 0.15) is 31.2 Å². The lowest BCUT2D eigenvalue weighted by Crippen LogP contribution is -2.22. The molecule has 0 aliphatic heterocycles. The highest BCUT2D eigenvalue weighted by atomic mass is 79.9. The average molecular weight is 480 g/mol. The van der Waals surface area contributed by atoms with Gasteiger partial charge in [0.15, 0.2) is 0 Å². The van der Waals surface area contributed by atoms with E-state index in [1.165, 1.54) is 4.68 Å². The molecule has 2 heterocycles. The predicted octanol–water partition coefficient (Wildman–Crippen LogP) is 3.82. The number of nitrogens with two attached hydrogens (primary N) is 1. The van der Waals surface area contributed by atoms with Crippen LogP contribution < -0.4 is 11.3 Å². The van der Waals surface area contributed by atoms with E-state index in [2.05, 4.69) is 28.0 Å². The molecule has 0 atom stereocenters. The van der Waals surface area contributed by atoms with Crippen LogP contribution in [0.4, 0.5) is 0 Å². The number of halogens is 1. The average Bonchev–Trinajstić information content (AvgIpc) is 3.09. The number of amides is 1. The lowest BCUT2D eigenvalue weighted by atomic mass is 10.2. The minimum Gasteiger partial charge on any atom is -0.368 e. The van der Waals surface area contributed by atoms with Crippen molar-refractivity contribution in [3.8, 4) is 0 Å². The molecule has 0 saturated carbocycles. The van der Waals surface area contributed by atoms with E-state index in [0.29, 0.717) is 23.1 Å². The number of fused-ring (bicyclic) bond motifs is 2. The first kappa shape index (κ1) is 21.0. The molecular formula is C23H22BrN5O2. The standard InChI is InChI=1S/C23H22BrN5O2/c1-2-3-8-22-27-19-10-9-16(24)11-18(19)23(31)29(22)26-12-15-13-28(14-21(25)30)20-7-5-4-6-17(15)20/h4-7,9-13H,2-3,8,14H2,1H3,(H2,25,30). The molecule has 4 rings (SSSR count). The Kier molecular flexibility index (Phi) is 5.99. The molecule has 4 aromatic rings. The number of benzene rings is 2. The number of primary amides is 1. The van der Waals surface area contributed by atoms with E-state index < -0.39 is 5.91 Å². The zero-order valence-corrected chi connectivity index (χ0v) is 18.7. The van der Waals surface area contributed by atoms with Gasteiger partial charge in [0.05, 0.1) is 17.1 Å². The van der Waals surface area contributed by atoms with E-state index in [1.54, 1.807) is 16.8 Å². The zero-order chi connectivity index (χ0) is 22.0. The summed E-state index contributed by atoms with van der Waals surface area (Å²) in [5.74, 6) is 0.199. The van der Waals surface area contributed by atoms with E-state index in [1.807, 2.05) is 42.6 Å². The summed E-state index contributed by atoms with van der Waals surface area (Å²) < 4.78 is 3.98. The highest BCUT2D eigenvalue weighted by molar-refractivity contribution is 9.10. The van der Waals surface area contributed by atoms with Gasteiger partial charge in [-0.3, -0.25) is 9.59 Å². The number of rotatable bonds is 7. The molecule has 2 aromatic carbocycles. The Morgan fingerprint density at radius 1 is 1.23 bits per heavy atom. The molecule has 7 nitrogen and oxygen atoms in total. The molecule has 0 fully saturated rings. The molecule has 2 N–H and O–H groups in total. The van der Waals surface area contributed by atoms with E-state index in [0.717, 1.165) is 33.8 Å². The topological polar surface area (TPSA) is 95.3 Å². The van der Waals surface area contributed by atoms with Gasteiger partial charge in [0.2, 0.25) is 5.91 Å². The largest absolute Gasteiger partial charge is 0.368 e. The summed E-state index contributed by atoms with van der Waals surface area (Å²) in [5.41, 5.74) is 7.50. The minimum atomic E-state index is -0.424. The molecule has 31 heavy (non-hydrogen) atoms. The minimum absolute atomic E-state index is 0.0710. The normalized spacial score (nSPS) is 11.7. The van der Waals surface area contributed by atoms with Crippen LogP contribution in [0, 0.1) is 0 Å². The van der Waals surface area contributed by atoms with Gasteiger partial charge in [0.25, 0.3) is 5.56 Å². The van der Waals surface area contributed by atoms with Crippen LogP contribution in [0.5, 0.6) is 0 Å². The number of para-hydroxylation sites is 1. The van der Waals surface area contributed by atoms with Crippen molar-refractivity contribution in [2.75, 3.05) is 0 Å². The number of nitrogens with zero attached hydrogens (tertiary/aromatic N) is 4. The zero-order valence-electron chi connectivity index (χ0n) is 17.1. The fourth-order valence-corrected chi connectivity index (χ4v) is 3.97. The Bertz CT molecular complexity index is 1370. The number of aromatic nitrogens is 3. The third kappa shape index (κ3) is 4.29. The van der Waals surface area contributed by atoms with Gasteiger partial charge in [0, 0.05) is 33.6 Å². The Hall–Kier alpha value is -3.26. The van der Waals surface area contributed by atoms with Crippen molar-refractivity contribution in [1.29, 1.82) is 0 Å². The van der Waals surface area contributed by atoms with Gasteiger partial charge in [-0.25, -0.2) is 4.98 Å². The maximum Gasteiger partial charge on any atom is 0.282 e. The molecular weight excluding hydrogens is 458 g/mol. The highest BCUT2D eigenvalue weighted by Gasteiger charge is 2.12. The smallest absolute Gasteiger partial charge is 0.282 e. The first-order valence-corrected chi connectivity index (χ1v) is 10.9. The lowest BCUT2D eigenvalue weighted by Gasteiger charge is -2.09.